The molecule has 3 fully saturated rings. The second-order valence-corrected chi connectivity index (χ2v) is 10.8. The zero-order chi connectivity index (χ0) is 25.9. The first-order valence-corrected chi connectivity index (χ1v) is 13.1. The lowest BCUT2D eigenvalue weighted by Gasteiger charge is -2.33. The number of fused-ring (bicyclic) bond motifs is 4. The van der Waals surface area contributed by atoms with Gasteiger partial charge in [-0.15, -0.1) is 6.42 Å². The van der Waals surface area contributed by atoms with Gasteiger partial charge in [0.15, 0.2) is 0 Å². The minimum Gasteiger partial charge on any atom is -0.383 e. The normalized spacial score (nSPS) is 24.7. The van der Waals surface area contributed by atoms with Crippen LogP contribution in [0.2, 0.25) is 0 Å². The number of hydrogen-bond donors (Lipinski definition) is 2. The van der Waals surface area contributed by atoms with E-state index >= 15 is 0 Å². The Bertz CT molecular complexity index is 1620. The lowest BCUT2D eigenvalue weighted by atomic mass is 9.90. The van der Waals surface area contributed by atoms with Crippen LogP contribution in [-0.4, -0.2) is 62.3 Å². The van der Waals surface area contributed by atoms with Crippen molar-refractivity contribution in [3.05, 3.63) is 48.5 Å². The standard InChI is InChI=1S/C29H29N7O2/c1-2-22-23(20-15-19-5-3-4-6-21(19)31-16-20)24-25(30)32-18-33-26(24)36(22)29-9-7-28(17-29,8-10-29)34-27(37)35-11-13-38-14-12-35/h1,3-6,15-16,18H,7-14,17H2,(H,34,37)(H2,30,32,33). The van der Waals surface area contributed by atoms with E-state index in [0.717, 1.165) is 70.9 Å². The van der Waals surface area contributed by atoms with Crippen LogP contribution in [-0.2, 0) is 10.3 Å². The predicted molar refractivity (Wildman–Crippen MR) is 145 cm³/mol. The number of morpholine rings is 1. The van der Waals surface area contributed by atoms with Gasteiger partial charge in [-0.25, -0.2) is 14.8 Å². The van der Waals surface area contributed by atoms with Crippen molar-refractivity contribution in [2.75, 3.05) is 32.0 Å². The molecule has 3 N–H and O–H groups in total. The van der Waals surface area contributed by atoms with Crippen molar-refractivity contribution in [2.45, 2.75) is 43.2 Å². The van der Waals surface area contributed by atoms with Gasteiger partial charge in [0, 0.05) is 46.9 Å². The summed E-state index contributed by atoms with van der Waals surface area (Å²) in [5, 5.41) is 5.18. The van der Waals surface area contributed by atoms with Gasteiger partial charge in [0.25, 0.3) is 0 Å². The lowest BCUT2D eigenvalue weighted by Crippen LogP contribution is -2.53. The van der Waals surface area contributed by atoms with Crippen molar-refractivity contribution >= 4 is 33.8 Å². The number of nitrogens with two attached hydrogens (primary N) is 1. The highest BCUT2D eigenvalue weighted by atomic mass is 16.5. The zero-order valence-electron chi connectivity index (χ0n) is 21.1. The number of anilines is 1. The number of rotatable bonds is 3. The number of nitrogen functional groups attached to an aromatic ring is 1. The first-order valence-electron chi connectivity index (χ1n) is 13.1. The molecule has 1 aromatic carbocycles. The number of carbonyl (C=O) groups is 1. The van der Waals surface area contributed by atoms with E-state index in [1.165, 1.54) is 6.33 Å². The minimum atomic E-state index is -0.263. The molecular weight excluding hydrogens is 478 g/mol. The SMILES string of the molecule is C#Cc1c(-c2cnc3ccccc3c2)c2c(N)ncnc2n1C12CCC(NC(=O)N3CCOCC3)(CC1)C2. The van der Waals surface area contributed by atoms with Crippen LogP contribution < -0.4 is 11.1 Å². The van der Waals surface area contributed by atoms with Gasteiger partial charge >= 0.3 is 6.03 Å². The maximum absolute atomic E-state index is 13.1. The molecule has 4 heterocycles. The summed E-state index contributed by atoms with van der Waals surface area (Å²) in [6.07, 6.45) is 14.0. The average Bonchev–Trinajstić information content (AvgIpc) is 3.62. The number of nitrogens with zero attached hydrogens (tertiary/aromatic N) is 5. The van der Waals surface area contributed by atoms with Crippen LogP contribution in [0.4, 0.5) is 10.6 Å². The molecule has 38 heavy (non-hydrogen) atoms. The Balaban J connectivity index is 1.34. The fourth-order valence-electron chi connectivity index (χ4n) is 6.94. The molecule has 7 rings (SSSR count). The van der Waals surface area contributed by atoms with E-state index in [2.05, 4.69) is 31.8 Å². The van der Waals surface area contributed by atoms with E-state index in [-0.39, 0.29) is 17.1 Å². The molecule has 2 bridgehead atoms. The van der Waals surface area contributed by atoms with Crippen molar-refractivity contribution < 1.29 is 9.53 Å². The van der Waals surface area contributed by atoms with Crippen molar-refractivity contribution in [3.8, 4) is 23.5 Å². The fourth-order valence-corrected chi connectivity index (χ4v) is 6.94. The summed E-state index contributed by atoms with van der Waals surface area (Å²) in [5.74, 6) is 3.39. The second-order valence-electron chi connectivity index (χ2n) is 10.8. The Kier molecular flexibility index (Phi) is 5.10. The van der Waals surface area contributed by atoms with Gasteiger partial charge in [0.1, 0.15) is 23.5 Å². The number of pyridine rings is 1. The Labute approximate surface area is 220 Å². The van der Waals surface area contributed by atoms with Crippen LogP contribution in [0.15, 0.2) is 42.9 Å². The zero-order valence-corrected chi connectivity index (χ0v) is 21.1. The molecule has 2 saturated carbocycles. The summed E-state index contributed by atoms with van der Waals surface area (Å²) in [6, 6.07) is 10.1. The Hall–Kier alpha value is -4.16. The molecule has 0 radical (unpaired) electrons. The average molecular weight is 508 g/mol. The molecule has 0 unspecified atom stereocenters. The van der Waals surface area contributed by atoms with Crippen LogP contribution in [0.1, 0.15) is 37.8 Å². The molecule has 1 saturated heterocycles. The molecule has 0 atom stereocenters. The molecule has 3 aliphatic rings. The van der Waals surface area contributed by atoms with Gasteiger partial charge in [-0.05, 0) is 44.2 Å². The lowest BCUT2D eigenvalue weighted by molar-refractivity contribution is 0.0509. The number of ether oxygens (including phenoxy) is 1. The quantitative estimate of drug-likeness (QED) is 0.410. The predicted octanol–water partition coefficient (Wildman–Crippen LogP) is 3.66. The molecule has 3 aromatic heterocycles. The third-order valence-corrected chi connectivity index (χ3v) is 8.74. The highest BCUT2D eigenvalue weighted by molar-refractivity contribution is 6.04. The largest absolute Gasteiger partial charge is 0.383 e. The van der Waals surface area contributed by atoms with Crippen LogP contribution in [0, 0.1) is 12.3 Å². The van der Waals surface area contributed by atoms with Crippen LogP contribution in [0.5, 0.6) is 0 Å². The van der Waals surface area contributed by atoms with Crippen molar-refractivity contribution in [1.29, 1.82) is 0 Å². The minimum absolute atomic E-state index is 0.00460. The Morgan fingerprint density at radius 1 is 1.11 bits per heavy atom. The van der Waals surface area contributed by atoms with E-state index in [9.17, 15) is 4.79 Å². The Morgan fingerprint density at radius 2 is 1.89 bits per heavy atom. The number of amides is 2. The van der Waals surface area contributed by atoms with Crippen LogP contribution >= 0.6 is 0 Å². The summed E-state index contributed by atoms with van der Waals surface area (Å²) in [5.41, 5.74) is 10.1. The summed E-state index contributed by atoms with van der Waals surface area (Å²) in [4.78, 5) is 28.7. The van der Waals surface area contributed by atoms with E-state index in [1.807, 2.05) is 35.4 Å². The molecule has 2 aliphatic carbocycles. The summed E-state index contributed by atoms with van der Waals surface area (Å²) >= 11 is 0. The molecule has 0 spiro atoms. The Morgan fingerprint density at radius 3 is 2.68 bits per heavy atom. The highest BCUT2D eigenvalue weighted by Crippen LogP contribution is 2.57. The molecule has 9 heteroatoms. The van der Waals surface area contributed by atoms with E-state index in [1.54, 1.807) is 0 Å². The molecular formula is C29H29N7O2. The second kappa shape index (κ2) is 8.43. The molecule has 2 amide bonds. The summed E-state index contributed by atoms with van der Waals surface area (Å²) in [6.45, 7) is 2.41. The maximum atomic E-state index is 13.1. The van der Waals surface area contributed by atoms with Crippen LogP contribution in [0.25, 0.3) is 33.1 Å². The number of carbonyl (C=O) groups excluding carboxylic acids is 1. The van der Waals surface area contributed by atoms with E-state index in [0.29, 0.717) is 32.1 Å². The van der Waals surface area contributed by atoms with Gasteiger partial charge < -0.3 is 25.3 Å². The number of benzene rings is 1. The van der Waals surface area contributed by atoms with Crippen molar-refractivity contribution in [3.63, 3.8) is 0 Å². The van der Waals surface area contributed by atoms with Gasteiger partial charge in [-0.1, -0.05) is 24.1 Å². The van der Waals surface area contributed by atoms with E-state index < -0.39 is 0 Å². The highest BCUT2D eigenvalue weighted by Gasteiger charge is 2.57. The molecule has 4 aromatic rings. The maximum Gasteiger partial charge on any atom is 0.317 e. The van der Waals surface area contributed by atoms with Crippen LogP contribution in [0.3, 0.4) is 0 Å². The fraction of sp³-hybridized carbons (Fsp3) is 0.379. The third kappa shape index (κ3) is 3.37. The molecule has 9 nitrogen and oxygen atoms in total. The number of aromatic nitrogens is 4. The monoisotopic (exact) mass is 507 g/mol. The number of terminal acetylenes is 1. The van der Waals surface area contributed by atoms with Gasteiger partial charge in [0.05, 0.1) is 24.1 Å². The summed E-state index contributed by atoms with van der Waals surface area (Å²) in [7, 11) is 0. The van der Waals surface area contributed by atoms with E-state index in [4.69, 9.17) is 21.9 Å². The van der Waals surface area contributed by atoms with Gasteiger partial charge in [-0.2, -0.15) is 0 Å². The number of urea groups is 1. The first-order chi connectivity index (χ1) is 18.5. The summed E-state index contributed by atoms with van der Waals surface area (Å²) < 4.78 is 7.64. The number of nitrogens with one attached hydrogen (secondary N) is 1. The number of para-hydroxylation sites is 1. The van der Waals surface area contributed by atoms with Gasteiger partial charge in [-0.3, -0.25) is 4.98 Å². The van der Waals surface area contributed by atoms with Gasteiger partial charge in [0.2, 0.25) is 0 Å². The van der Waals surface area contributed by atoms with Crippen molar-refractivity contribution in [2.24, 2.45) is 0 Å². The topological polar surface area (TPSA) is 111 Å². The van der Waals surface area contributed by atoms with Crippen molar-refractivity contribution in [1.82, 2.24) is 29.7 Å². The number of hydrogen-bond acceptors (Lipinski definition) is 6. The smallest absolute Gasteiger partial charge is 0.317 e. The first kappa shape index (κ1) is 23.0. The third-order valence-electron chi connectivity index (χ3n) is 8.74. The molecule has 1 aliphatic heterocycles. The molecule has 192 valence electrons.